The number of aromatic nitrogens is 1. The Labute approximate surface area is 190 Å². The number of hydrogen-bond acceptors (Lipinski definition) is 4. The van der Waals surface area contributed by atoms with E-state index in [-0.39, 0.29) is 11.4 Å². The molecular weight excluding hydrogens is 421 g/mol. The van der Waals surface area contributed by atoms with Crippen molar-refractivity contribution in [2.24, 2.45) is 10.7 Å². The smallest absolute Gasteiger partial charge is 0.393 e. The molecule has 0 atom stereocenters. The summed E-state index contributed by atoms with van der Waals surface area (Å²) in [4.78, 5) is 4.04. The molecule has 0 amide bonds. The lowest BCUT2D eigenvalue weighted by Crippen LogP contribution is -2.51. The predicted octanol–water partition coefficient (Wildman–Crippen LogP) is 4.19. The van der Waals surface area contributed by atoms with Crippen LogP contribution in [0.4, 0.5) is 8.63 Å². The van der Waals surface area contributed by atoms with Crippen molar-refractivity contribution in [1.82, 2.24) is 4.48 Å². The van der Waals surface area contributed by atoms with Gasteiger partial charge in [-0.25, -0.2) is 4.99 Å². The van der Waals surface area contributed by atoms with Crippen LogP contribution in [0, 0.1) is 36.5 Å². The maximum atomic E-state index is 16.1. The molecule has 4 rings (SSSR count). The highest BCUT2D eigenvalue weighted by Gasteiger charge is 2.56. The lowest BCUT2D eigenvalue weighted by atomic mass is 9.84. The minimum atomic E-state index is -4.18. The summed E-state index contributed by atoms with van der Waals surface area (Å²) < 4.78 is 34.3. The SMILES string of the molecule is CC1=C(C=N/C(C#N)=C(\N)C#N)C(C)=[N+]2C1=C(c1ccccc1)c1c(C)cc(C)n1[B-]2(F)F. The molecule has 164 valence electrons. The molecule has 0 aliphatic carbocycles. The Bertz CT molecular complexity index is 1440. The van der Waals surface area contributed by atoms with Gasteiger partial charge in [-0.05, 0) is 43.7 Å². The number of halogens is 2. The summed E-state index contributed by atoms with van der Waals surface area (Å²) in [5.74, 6) is 0. The minimum Gasteiger partial charge on any atom is -0.393 e. The Balaban J connectivity index is 2.09. The van der Waals surface area contributed by atoms with Gasteiger partial charge in [-0.15, -0.1) is 0 Å². The average Bonchev–Trinajstić information content (AvgIpc) is 3.23. The fourth-order valence-electron chi connectivity index (χ4n) is 4.75. The summed E-state index contributed by atoms with van der Waals surface area (Å²) in [5.41, 5.74) is 10.00. The Hall–Kier alpha value is -4.24. The maximum Gasteiger partial charge on any atom is 0.737 e. The second-order valence-electron chi connectivity index (χ2n) is 8.10. The van der Waals surface area contributed by atoms with Crippen molar-refractivity contribution >= 4 is 24.5 Å². The van der Waals surface area contributed by atoms with Gasteiger partial charge in [0, 0.05) is 24.4 Å². The van der Waals surface area contributed by atoms with E-state index in [1.54, 1.807) is 39.0 Å². The molecule has 2 aliphatic rings. The normalized spacial score (nSPS) is 17.7. The Morgan fingerprint density at radius 2 is 1.79 bits per heavy atom. The molecule has 0 unspecified atom stereocenters. The molecular formula is C24H21BF2N6. The van der Waals surface area contributed by atoms with Crippen LogP contribution in [-0.2, 0) is 0 Å². The van der Waals surface area contributed by atoms with Crippen LogP contribution in [-0.4, -0.2) is 27.9 Å². The van der Waals surface area contributed by atoms with Crippen LogP contribution in [0.5, 0.6) is 0 Å². The Kier molecular flexibility index (Phi) is 5.14. The molecule has 0 radical (unpaired) electrons. The van der Waals surface area contributed by atoms with E-state index in [2.05, 4.69) is 4.99 Å². The zero-order chi connectivity index (χ0) is 24.1. The van der Waals surface area contributed by atoms with E-state index in [0.717, 1.165) is 20.1 Å². The molecule has 1 aromatic heterocycles. The van der Waals surface area contributed by atoms with Crippen molar-refractivity contribution in [2.75, 3.05) is 0 Å². The van der Waals surface area contributed by atoms with Crippen LogP contribution in [0.25, 0.3) is 5.57 Å². The third-order valence-corrected chi connectivity index (χ3v) is 6.13. The quantitative estimate of drug-likeness (QED) is 0.439. The standard InChI is InChI=1S/C24H21BF2N6/c1-14-10-15(2)32-23(14)22(18-8-6-5-7-9-18)24-16(3)19(17(4)33(24)25(32,26)27)13-31-21(12-29)20(30)11-28/h5-10,13H,30H2,1-4H3/b21-20-,31-13?. The predicted molar refractivity (Wildman–Crippen MR) is 124 cm³/mol. The largest absolute Gasteiger partial charge is 0.737 e. The molecule has 0 spiro atoms. The Morgan fingerprint density at radius 1 is 1.12 bits per heavy atom. The number of allylic oxidation sites excluding steroid dienone is 4. The van der Waals surface area contributed by atoms with E-state index in [1.807, 2.05) is 37.3 Å². The number of benzene rings is 1. The highest BCUT2D eigenvalue weighted by Crippen LogP contribution is 2.45. The molecule has 0 fully saturated rings. The van der Waals surface area contributed by atoms with Gasteiger partial charge in [0.15, 0.2) is 11.4 Å². The van der Waals surface area contributed by atoms with E-state index in [0.29, 0.717) is 39.5 Å². The first kappa shape index (κ1) is 22.0. The molecule has 0 bridgehead atoms. The number of fused-ring (bicyclic) bond motifs is 2. The monoisotopic (exact) mass is 442 g/mol. The maximum absolute atomic E-state index is 16.1. The van der Waals surface area contributed by atoms with Crippen LogP contribution < -0.4 is 5.73 Å². The van der Waals surface area contributed by atoms with Crippen molar-refractivity contribution in [3.8, 4) is 12.1 Å². The van der Waals surface area contributed by atoms with Crippen LogP contribution in [0.15, 0.2) is 69.6 Å². The van der Waals surface area contributed by atoms with E-state index >= 15 is 8.63 Å². The highest BCUT2D eigenvalue weighted by molar-refractivity contribution is 6.58. The molecule has 1 aromatic carbocycles. The third kappa shape index (κ3) is 3.13. The van der Waals surface area contributed by atoms with E-state index in [4.69, 9.17) is 11.0 Å². The van der Waals surface area contributed by atoms with Crippen molar-refractivity contribution in [2.45, 2.75) is 27.7 Å². The summed E-state index contributed by atoms with van der Waals surface area (Å²) in [6, 6.07) is 14.7. The zero-order valence-electron chi connectivity index (χ0n) is 18.7. The molecule has 0 saturated carbocycles. The second kappa shape index (κ2) is 7.72. The molecule has 9 heteroatoms. The van der Waals surface area contributed by atoms with Gasteiger partial charge < -0.3 is 23.3 Å². The second-order valence-corrected chi connectivity index (χ2v) is 8.10. The van der Waals surface area contributed by atoms with Crippen molar-refractivity contribution in [3.05, 3.63) is 87.2 Å². The van der Waals surface area contributed by atoms with Crippen LogP contribution in [0.3, 0.4) is 0 Å². The minimum absolute atomic E-state index is 0.261. The van der Waals surface area contributed by atoms with E-state index < -0.39 is 6.97 Å². The van der Waals surface area contributed by atoms with Crippen molar-refractivity contribution in [3.63, 3.8) is 0 Å². The number of nitrogens with two attached hydrogens (primary N) is 1. The van der Waals surface area contributed by atoms with Gasteiger partial charge in [-0.1, -0.05) is 30.3 Å². The number of aliphatic imine (C=N–C) groups is 1. The lowest BCUT2D eigenvalue weighted by Gasteiger charge is -2.34. The van der Waals surface area contributed by atoms with Crippen LogP contribution in [0.2, 0.25) is 0 Å². The number of nitriles is 2. The number of hydrogen-bond donors (Lipinski definition) is 1. The van der Waals surface area contributed by atoms with Gasteiger partial charge in [0.25, 0.3) is 0 Å². The van der Waals surface area contributed by atoms with Gasteiger partial charge in [0.05, 0.1) is 11.1 Å². The first-order valence-electron chi connectivity index (χ1n) is 10.3. The highest BCUT2D eigenvalue weighted by atomic mass is 19.2. The summed E-state index contributed by atoms with van der Waals surface area (Å²) in [6.45, 7) is 2.71. The van der Waals surface area contributed by atoms with Gasteiger partial charge in [0.1, 0.15) is 23.5 Å². The topological polar surface area (TPSA) is 93.9 Å². The van der Waals surface area contributed by atoms with Crippen LogP contribution >= 0.6 is 0 Å². The van der Waals surface area contributed by atoms with Gasteiger partial charge in [-0.3, -0.25) is 0 Å². The summed E-state index contributed by atoms with van der Waals surface area (Å²) in [6.07, 6.45) is 1.34. The first-order valence-corrected chi connectivity index (χ1v) is 10.3. The molecule has 6 nitrogen and oxygen atoms in total. The van der Waals surface area contributed by atoms with E-state index in [1.165, 1.54) is 6.21 Å². The number of rotatable bonds is 3. The van der Waals surface area contributed by atoms with Crippen molar-refractivity contribution < 1.29 is 13.1 Å². The summed E-state index contributed by atoms with van der Waals surface area (Å²) in [7, 11) is 0. The summed E-state index contributed by atoms with van der Waals surface area (Å²) in [5, 5.41) is 18.2. The molecule has 2 aromatic rings. The van der Waals surface area contributed by atoms with Gasteiger partial charge in [-0.2, -0.15) is 10.5 Å². The lowest BCUT2D eigenvalue weighted by molar-refractivity contribution is -0.363. The molecule has 0 saturated heterocycles. The average molecular weight is 442 g/mol. The zero-order valence-corrected chi connectivity index (χ0v) is 18.7. The third-order valence-electron chi connectivity index (χ3n) is 6.13. The molecule has 2 N–H and O–H groups in total. The molecule has 33 heavy (non-hydrogen) atoms. The molecule has 3 heterocycles. The van der Waals surface area contributed by atoms with Gasteiger partial charge in [0.2, 0.25) is 0 Å². The number of aryl methyl sites for hydroxylation is 2. The van der Waals surface area contributed by atoms with E-state index in [9.17, 15) is 5.26 Å². The van der Waals surface area contributed by atoms with Gasteiger partial charge >= 0.3 is 6.97 Å². The fourth-order valence-corrected chi connectivity index (χ4v) is 4.75. The fraction of sp³-hybridized carbons (Fsp3) is 0.167. The number of nitrogens with zero attached hydrogens (tertiary/aromatic N) is 5. The molecule has 2 aliphatic heterocycles. The summed E-state index contributed by atoms with van der Waals surface area (Å²) >= 11 is 0. The van der Waals surface area contributed by atoms with Crippen molar-refractivity contribution in [1.29, 1.82) is 10.5 Å². The first-order chi connectivity index (χ1) is 15.6. The Morgan fingerprint density at radius 3 is 2.39 bits per heavy atom. The van der Waals surface area contributed by atoms with Crippen LogP contribution in [0.1, 0.15) is 36.4 Å².